The highest BCUT2D eigenvalue weighted by atomic mass is 19.1. The average molecular weight is 388 g/mol. The van der Waals surface area contributed by atoms with Crippen molar-refractivity contribution in [1.29, 1.82) is 0 Å². The zero-order chi connectivity index (χ0) is 20.2. The van der Waals surface area contributed by atoms with Crippen LogP contribution in [0.1, 0.15) is 10.4 Å². The van der Waals surface area contributed by atoms with Crippen molar-refractivity contribution >= 4 is 28.5 Å². The molecule has 1 aromatic heterocycles. The first-order valence-corrected chi connectivity index (χ1v) is 8.96. The Balaban J connectivity index is 1.37. The smallest absolute Gasteiger partial charge is 0.251 e. The summed E-state index contributed by atoms with van der Waals surface area (Å²) in [5.74, 6) is -1.40. The highest BCUT2D eigenvalue weighted by molar-refractivity contribution is 5.99. The molecule has 4 aromatic rings. The van der Waals surface area contributed by atoms with Crippen molar-refractivity contribution in [2.45, 2.75) is 0 Å². The SMILES string of the molecule is O=C(CNC(=O)c1cccc(F)c1)Nc1ccc(-n2cnc3ccccc32)cc1. The largest absolute Gasteiger partial charge is 0.343 e. The Kier molecular flexibility index (Phi) is 5.03. The monoisotopic (exact) mass is 388 g/mol. The zero-order valence-electron chi connectivity index (χ0n) is 15.3. The van der Waals surface area contributed by atoms with Crippen molar-refractivity contribution in [2.24, 2.45) is 0 Å². The number of hydrogen-bond acceptors (Lipinski definition) is 3. The van der Waals surface area contributed by atoms with Crippen LogP contribution in [0.3, 0.4) is 0 Å². The number of anilines is 1. The molecular weight excluding hydrogens is 371 g/mol. The van der Waals surface area contributed by atoms with Crippen LogP contribution in [0.5, 0.6) is 0 Å². The van der Waals surface area contributed by atoms with Crippen LogP contribution >= 0.6 is 0 Å². The summed E-state index contributed by atoms with van der Waals surface area (Å²) in [7, 11) is 0. The number of amides is 2. The van der Waals surface area contributed by atoms with Gasteiger partial charge >= 0.3 is 0 Å². The number of para-hydroxylation sites is 2. The molecular formula is C22H17FN4O2. The predicted octanol–water partition coefficient (Wildman–Crippen LogP) is 3.53. The van der Waals surface area contributed by atoms with Gasteiger partial charge in [0.25, 0.3) is 5.91 Å². The van der Waals surface area contributed by atoms with E-state index < -0.39 is 11.7 Å². The molecule has 0 aliphatic rings. The third kappa shape index (κ3) is 4.14. The molecule has 0 saturated heterocycles. The van der Waals surface area contributed by atoms with E-state index in [-0.39, 0.29) is 18.0 Å². The maximum Gasteiger partial charge on any atom is 0.251 e. The van der Waals surface area contributed by atoms with Crippen molar-refractivity contribution in [2.75, 3.05) is 11.9 Å². The van der Waals surface area contributed by atoms with Crippen LogP contribution in [0.2, 0.25) is 0 Å². The van der Waals surface area contributed by atoms with Gasteiger partial charge in [-0.05, 0) is 54.6 Å². The van der Waals surface area contributed by atoms with Crippen LogP contribution in [-0.4, -0.2) is 27.9 Å². The molecule has 0 fully saturated rings. The summed E-state index contributed by atoms with van der Waals surface area (Å²) in [4.78, 5) is 28.4. The number of fused-ring (bicyclic) bond motifs is 1. The van der Waals surface area contributed by atoms with E-state index in [9.17, 15) is 14.0 Å². The molecule has 2 N–H and O–H groups in total. The molecule has 0 saturated carbocycles. The Hall–Kier alpha value is -4.00. The highest BCUT2D eigenvalue weighted by Crippen LogP contribution is 2.19. The summed E-state index contributed by atoms with van der Waals surface area (Å²) in [5, 5.41) is 5.19. The Morgan fingerprint density at radius 2 is 1.76 bits per heavy atom. The number of rotatable bonds is 5. The lowest BCUT2D eigenvalue weighted by Crippen LogP contribution is -2.32. The van der Waals surface area contributed by atoms with E-state index in [1.165, 1.54) is 18.2 Å². The molecule has 0 aliphatic heterocycles. The number of carbonyl (C=O) groups excluding carboxylic acids is 2. The number of benzene rings is 3. The number of imidazole rings is 1. The fraction of sp³-hybridized carbons (Fsp3) is 0.0455. The molecule has 2 amide bonds. The van der Waals surface area contributed by atoms with E-state index >= 15 is 0 Å². The minimum atomic E-state index is -0.512. The maximum absolute atomic E-state index is 13.2. The van der Waals surface area contributed by atoms with Gasteiger partial charge in [-0.25, -0.2) is 9.37 Å². The molecule has 6 nitrogen and oxygen atoms in total. The first-order chi connectivity index (χ1) is 14.1. The number of nitrogens with one attached hydrogen (secondary N) is 2. The molecule has 0 atom stereocenters. The molecule has 0 aliphatic carbocycles. The minimum absolute atomic E-state index is 0.162. The number of hydrogen-bond donors (Lipinski definition) is 2. The molecule has 4 rings (SSSR count). The van der Waals surface area contributed by atoms with Gasteiger partial charge in [-0.1, -0.05) is 18.2 Å². The van der Waals surface area contributed by atoms with E-state index in [0.717, 1.165) is 22.8 Å². The van der Waals surface area contributed by atoms with Gasteiger partial charge < -0.3 is 10.6 Å². The van der Waals surface area contributed by atoms with Gasteiger partial charge in [0.15, 0.2) is 0 Å². The van der Waals surface area contributed by atoms with Gasteiger partial charge in [-0.3, -0.25) is 14.2 Å². The molecule has 0 spiro atoms. The van der Waals surface area contributed by atoms with E-state index in [1.807, 2.05) is 41.0 Å². The van der Waals surface area contributed by atoms with Gasteiger partial charge in [0.1, 0.15) is 12.1 Å². The van der Waals surface area contributed by atoms with Crippen LogP contribution in [-0.2, 0) is 4.79 Å². The van der Waals surface area contributed by atoms with Crippen LogP contribution in [0.25, 0.3) is 16.7 Å². The third-order valence-corrected chi connectivity index (χ3v) is 4.38. The number of nitrogens with zero attached hydrogens (tertiary/aromatic N) is 2. The lowest BCUT2D eigenvalue weighted by Gasteiger charge is -2.09. The molecule has 144 valence electrons. The number of halogens is 1. The van der Waals surface area contributed by atoms with Crippen molar-refractivity contribution in [1.82, 2.24) is 14.9 Å². The van der Waals surface area contributed by atoms with Gasteiger partial charge in [0.05, 0.1) is 17.6 Å². The fourth-order valence-electron chi connectivity index (χ4n) is 2.97. The lowest BCUT2D eigenvalue weighted by atomic mass is 10.2. The van der Waals surface area contributed by atoms with Gasteiger partial charge in [-0.15, -0.1) is 0 Å². The number of aromatic nitrogens is 2. The van der Waals surface area contributed by atoms with E-state index in [2.05, 4.69) is 15.6 Å². The molecule has 7 heteroatoms. The first-order valence-electron chi connectivity index (χ1n) is 8.96. The lowest BCUT2D eigenvalue weighted by molar-refractivity contribution is -0.115. The second-order valence-corrected chi connectivity index (χ2v) is 6.39. The van der Waals surface area contributed by atoms with Crippen LogP contribution in [0, 0.1) is 5.82 Å². The summed E-state index contributed by atoms with van der Waals surface area (Å²) in [6, 6.07) is 20.4. The zero-order valence-corrected chi connectivity index (χ0v) is 15.3. The van der Waals surface area contributed by atoms with Crippen LogP contribution < -0.4 is 10.6 Å². The third-order valence-electron chi connectivity index (χ3n) is 4.38. The maximum atomic E-state index is 13.2. The first kappa shape index (κ1) is 18.4. The van der Waals surface area contributed by atoms with Gasteiger partial charge in [-0.2, -0.15) is 0 Å². The van der Waals surface area contributed by atoms with Crippen LogP contribution in [0.15, 0.2) is 79.1 Å². The van der Waals surface area contributed by atoms with Crippen LogP contribution in [0.4, 0.5) is 10.1 Å². The minimum Gasteiger partial charge on any atom is -0.343 e. The summed E-state index contributed by atoms with van der Waals surface area (Å²) in [6.45, 7) is -0.219. The Bertz CT molecular complexity index is 1180. The second kappa shape index (κ2) is 7.93. The Morgan fingerprint density at radius 3 is 2.55 bits per heavy atom. The van der Waals surface area contributed by atoms with E-state index in [0.29, 0.717) is 5.69 Å². The summed E-state index contributed by atoms with van der Waals surface area (Å²) >= 11 is 0. The predicted molar refractivity (Wildman–Crippen MR) is 108 cm³/mol. The van der Waals surface area contributed by atoms with Gasteiger partial charge in [0, 0.05) is 16.9 Å². The van der Waals surface area contributed by atoms with Crippen molar-refractivity contribution < 1.29 is 14.0 Å². The van der Waals surface area contributed by atoms with Crippen molar-refractivity contribution in [3.8, 4) is 5.69 Å². The average Bonchev–Trinajstić information content (AvgIpc) is 3.17. The Morgan fingerprint density at radius 1 is 0.966 bits per heavy atom. The summed E-state index contributed by atoms with van der Waals surface area (Å²) in [6.07, 6.45) is 1.75. The van der Waals surface area contributed by atoms with Crippen molar-refractivity contribution in [3.05, 3.63) is 90.5 Å². The quantitative estimate of drug-likeness (QED) is 0.549. The van der Waals surface area contributed by atoms with E-state index in [4.69, 9.17) is 0 Å². The molecule has 1 heterocycles. The fourth-order valence-corrected chi connectivity index (χ4v) is 2.97. The van der Waals surface area contributed by atoms with E-state index in [1.54, 1.807) is 18.5 Å². The molecule has 3 aromatic carbocycles. The molecule has 0 radical (unpaired) electrons. The standard InChI is InChI=1S/C22H17FN4O2/c23-16-5-3-4-15(12-16)22(29)24-13-21(28)26-17-8-10-18(11-9-17)27-14-25-19-6-1-2-7-20(19)27/h1-12,14H,13H2,(H,24,29)(H,26,28). The second-order valence-electron chi connectivity index (χ2n) is 6.39. The normalized spacial score (nSPS) is 10.7. The highest BCUT2D eigenvalue weighted by Gasteiger charge is 2.09. The Labute approximate surface area is 166 Å². The topological polar surface area (TPSA) is 76.0 Å². The molecule has 0 bridgehead atoms. The summed E-state index contributed by atoms with van der Waals surface area (Å²) in [5.41, 5.74) is 3.57. The molecule has 0 unspecified atom stereocenters. The van der Waals surface area contributed by atoms with Crippen molar-refractivity contribution in [3.63, 3.8) is 0 Å². The number of carbonyl (C=O) groups is 2. The summed E-state index contributed by atoms with van der Waals surface area (Å²) < 4.78 is 15.1. The van der Waals surface area contributed by atoms with Gasteiger partial charge in [0.2, 0.25) is 5.91 Å². The molecule has 29 heavy (non-hydrogen) atoms.